The molecule has 1 atom stereocenters. The van der Waals surface area contributed by atoms with Crippen LogP contribution < -0.4 is 19.1 Å². The summed E-state index contributed by atoms with van der Waals surface area (Å²) in [7, 11) is -0.955. The van der Waals surface area contributed by atoms with Gasteiger partial charge in [0.2, 0.25) is 5.91 Å². The average Bonchev–Trinajstić information content (AvgIpc) is 2.84. The van der Waals surface area contributed by atoms with Gasteiger partial charge in [0.1, 0.15) is 6.54 Å². The molecule has 3 aromatic rings. The minimum absolute atomic E-state index is 0.0788. The number of hydrogen-bond donors (Lipinski definition) is 1. The minimum Gasteiger partial charge on any atom is -0.493 e. The summed E-state index contributed by atoms with van der Waals surface area (Å²) in [5.41, 5.74) is 1.79. The van der Waals surface area contributed by atoms with Crippen LogP contribution in [0.25, 0.3) is 0 Å². The molecule has 0 aliphatic rings. The number of ether oxygens (including phenoxy) is 2. The molecule has 0 saturated carbocycles. The Hall–Kier alpha value is -3.23. The first-order valence-corrected chi connectivity index (χ1v) is 12.3. The molecule has 0 aliphatic heterocycles. The largest absolute Gasteiger partial charge is 0.493 e. The Labute approximate surface area is 205 Å². The molecule has 0 aromatic heterocycles. The maximum absolute atomic E-state index is 13.5. The molecular weight excluding hydrogens is 476 g/mol. The lowest BCUT2D eigenvalue weighted by Crippen LogP contribution is -2.42. The van der Waals surface area contributed by atoms with E-state index in [0.717, 1.165) is 9.87 Å². The van der Waals surface area contributed by atoms with Crippen molar-refractivity contribution in [3.05, 3.63) is 82.9 Å². The highest BCUT2D eigenvalue weighted by Gasteiger charge is 2.29. The van der Waals surface area contributed by atoms with Gasteiger partial charge < -0.3 is 14.8 Å². The van der Waals surface area contributed by atoms with Crippen LogP contribution in [0.5, 0.6) is 11.5 Å². The Morgan fingerprint density at radius 2 is 1.68 bits per heavy atom. The van der Waals surface area contributed by atoms with Gasteiger partial charge >= 0.3 is 0 Å². The summed E-state index contributed by atoms with van der Waals surface area (Å²) in [5.74, 6) is 0.631. The monoisotopic (exact) mass is 502 g/mol. The van der Waals surface area contributed by atoms with Gasteiger partial charge in [0, 0.05) is 5.02 Å². The summed E-state index contributed by atoms with van der Waals surface area (Å²) in [5, 5.41) is 3.24. The standard InChI is InChI=1S/C25H27ClN2O5S/c1-17-10-12-20(26)15-22(17)28(34(30,31)21-8-6-5-7-9-21)16-25(29)27-18(2)19-11-13-23(32-3)24(14-19)33-4/h5-15,18H,16H2,1-4H3,(H,27,29). The third-order valence-electron chi connectivity index (χ3n) is 5.34. The van der Waals surface area contributed by atoms with E-state index in [-0.39, 0.29) is 4.90 Å². The lowest BCUT2D eigenvalue weighted by atomic mass is 10.1. The quantitative estimate of drug-likeness (QED) is 0.457. The van der Waals surface area contributed by atoms with Crippen LogP contribution in [0.3, 0.4) is 0 Å². The zero-order chi connectivity index (χ0) is 24.9. The molecule has 3 rings (SSSR count). The van der Waals surface area contributed by atoms with E-state index in [2.05, 4.69) is 5.32 Å². The third-order valence-corrected chi connectivity index (χ3v) is 7.35. The van der Waals surface area contributed by atoms with Crippen molar-refractivity contribution < 1.29 is 22.7 Å². The second-order valence-corrected chi connectivity index (χ2v) is 9.96. The zero-order valence-electron chi connectivity index (χ0n) is 19.4. The third kappa shape index (κ3) is 5.63. The molecule has 7 nitrogen and oxygen atoms in total. The predicted octanol–water partition coefficient (Wildman–Crippen LogP) is 4.74. The molecule has 0 spiro atoms. The Bertz CT molecular complexity index is 1270. The number of nitrogens with zero attached hydrogens (tertiary/aromatic N) is 1. The van der Waals surface area contributed by atoms with Gasteiger partial charge in [-0.15, -0.1) is 0 Å². The normalized spacial score (nSPS) is 12.0. The van der Waals surface area contributed by atoms with E-state index < -0.39 is 28.5 Å². The van der Waals surface area contributed by atoms with Gasteiger partial charge in [0.25, 0.3) is 10.0 Å². The molecule has 0 radical (unpaired) electrons. The number of amides is 1. The average molecular weight is 503 g/mol. The molecular formula is C25H27ClN2O5S. The topological polar surface area (TPSA) is 84.9 Å². The number of benzene rings is 3. The maximum atomic E-state index is 13.5. The van der Waals surface area contributed by atoms with Crippen molar-refractivity contribution in [3.63, 3.8) is 0 Å². The van der Waals surface area contributed by atoms with E-state index in [0.29, 0.717) is 27.8 Å². The van der Waals surface area contributed by atoms with Gasteiger partial charge in [-0.25, -0.2) is 8.42 Å². The van der Waals surface area contributed by atoms with Gasteiger partial charge in [-0.1, -0.05) is 41.9 Å². The second kappa shape index (κ2) is 10.8. The highest BCUT2D eigenvalue weighted by molar-refractivity contribution is 7.92. The fourth-order valence-corrected chi connectivity index (χ4v) is 5.16. The molecule has 3 aromatic carbocycles. The molecule has 0 bridgehead atoms. The van der Waals surface area contributed by atoms with Crippen molar-refractivity contribution in [3.8, 4) is 11.5 Å². The van der Waals surface area contributed by atoms with Gasteiger partial charge in [0.15, 0.2) is 11.5 Å². The summed E-state index contributed by atoms with van der Waals surface area (Å²) >= 11 is 6.17. The number of aryl methyl sites for hydroxylation is 1. The fourth-order valence-electron chi connectivity index (χ4n) is 3.49. The van der Waals surface area contributed by atoms with Gasteiger partial charge in [-0.05, 0) is 61.4 Å². The lowest BCUT2D eigenvalue weighted by Gasteiger charge is -2.26. The van der Waals surface area contributed by atoms with Crippen LogP contribution in [0.2, 0.25) is 5.02 Å². The Balaban J connectivity index is 1.91. The number of hydrogen-bond acceptors (Lipinski definition) is 5. The second-order valence-electron chi connectivity index (χ2n) is 7.66. The molecule has 0 heterocycles. The van der Waals surface area contributed by atoms with Crippen LogP contribution in [-0.2, 0) is 14.8 Å². The first-order chi connectivity index (χ1) is 16.2. The number of halogens is 1. The molecule has 1 unspecified atom stereocenters. The van der Waals surface area contributed by atoms with Crippen molar-refractivity contribution in [1.82, 2.24) is 5.32 Å². The van der Waals surface area contributed by atoms with Crippen LogP contribution in [0.15, 0.2) is 71.6 Å². The lowest BCUT2D eigenvalue weighted by molar-refractivity contribution is -0.120. The predicted molar refractivity (Wildman–Crippen MR) is 133 cm³/mol. The van der Waals surface area contributed by atoms with E-state index >= 15 is 0 Å². The molecule has 0 saturated heterocycles. The van der Waals surface area contributed by atoms with Crippen LogP contribution in [0.4, 0.5) is 5.69 Å². The van der Waals surface area contributed by atoms with E-state index in [1.54, 1.807) is 69.5 Å². The summed E-state index contributed by atoms with van der Waals surface area (Å²) in [6.45, 7) is 3.15. The molecule has 1 N–H and O–H groups in total. The van der Waals surface area contributed by atoms with Crippen molar-refractivity contribution in [1.29, 1.82) is 0 Å². The minimum atomic E-state index is -4.03. The van der Waals surface area contributed by atoms with Gasteiger partial charge in [-0.2, -0.15) is 0 Å². The SMILES string of the molecule is COc1ccc(C(C)NC(=O)CN(c2cc(Cl)ccc2C)S(=O)(=O)c2ccccc2)cc1OC. The molecule has 1 amide bonds. The fraction of sp³-hybridized carbons (Fsp3) is 0.240. The Kier molecular flexibility index (Phi) is 8.06. The van der Waals surface area contributed by atoms with Gasteiger partial charge in [-0.3, -0.25) is 9.10 Å². The van der Waals surface area contributed by atoms with Crippen molar-refractivity contribution in [2.45, 2.75) is 24.8 Å². The molecule has 34 heavy (non-hydrogen) atoms. The van der Waals surface area contributed by atoms with Crippen molar-refractivity contribution >= 4 is 33.2 Å². The number of anilines is 1. The van der Waals surface area contributed by atoms with Crippen LogP contribution in [0.1, 0.15) is 24.1 Å². The van der Waals surface area contributed by atoms with E-state index in [1.165, 1.54) is 19.2 Å². The maximum Gasteiger partial charge on any atom is 0.264 e. The molecule has 180 valence electrons. The van der Waals surface area contributed by atoms with Crippen LogP contribution >= 0.6 is 11.6 Å². The van der Waals surface area contributed by atoms with E-state index in [9.17, 15) is 13.2 Å². The summed E-state index contributed by atoms with van der Waals surface area (Å²) in [4.78, 5) is 13.1. The van der Waals surface area contributed by atoms with Crippen LogP contribution in [-0.4, -0.2) is 35.1 Å². The van der Waals surface area contributed by atoms with Crippen LogP contribution in [0, 0.1) is 6.92 Å². The first-order valence-electron chi connectivity index (χ1n) is 10.5. The number of methoxy groups -OCH3 is 2. The summed E-state index contributed by atoms with van der Waals surface area (Å²) in [6.07, 6.45) is 0. The Morgan fingerprint density at radius 3 is 2.32 bits per heavy atom. The summed E-state index contributed by atoms with van der Waals surface area (Å²) in [6, 6.07) is 17.8. The number of sulfonamides is 1. The number of nitrogens with one attached hydrogen (secondary N) is 1. The molecule has 0 aliphatic carbocycles. The number of rotatable bonds is 9. The van der Waals surface area contributed by atoms with E-state index in [4.69, 9.17) is 21.1 Å². The van der Waals surface area contributed by atoms with Crippen molar-refractivity contribution in [2.24, 2.45) is 0 Å². The van der Waals surface area contributed by atoms with Crippen molar-refractivity contribution in [2.75, 3.05) is 25.1 Å². The molecule has 0 fully saturated rings. The first kappa shape index (κ1) is 25.4. The summed E-state index contributed by atoms with van der Waals surface area (Å²) < 4.78 is 38.7. The van der Waals surface area contributed by atoms with E-state index in [1.807, 2.05) is 6.07 Å². The highest BCUT2D eigenvalue weighted by atomic mass is 35.5. The Morgan fingerprint density at radius 1 is 1.00 bits per heavy atom. The van der Waals surface area contributed by atoms with Gasteiger partial charge in [0.05, 0.1) is 30.8 Å². The smallest absolute Gasteiger partial charge is 0.264 e. The highest BCUT2D eigenvalue weighted by Crippen LogP contribution is 2.31. The number of carbonyl (C=O) groups is 1. The zero-order valence-corrected chi connectivity index (χ0v) is 21.0. The number of carbonyl (C=O) groups excluding carboxylic acids is 1. The molecule has 9 heteroatoms.